The average molecular weight is 430 g/mol. The summed E-state index contributed by atoms with van der Waals surface area (Å²) in [5, 5.41) is 0.963. The number of para-hydroxylation sites is 1. The van der Waals surface area contributed by atoms with E-state index in [0.717, 1.165) is 35.7 Å². The zero-order valence-electron chi connectivity index (χ0n) is 18.3. The highest BCUT2D eigenvalue weighted by molar-refractivity contribution is 5.95. The van der Waals surface area contributed by atoms with Gasteiger partial charge in [0, 0.05) is 48.2 Å². The van der Waals surface area contributed by atoms with Gasteiger partial charge in [-0.1, -0.05) is 43.7 Å². The number of aromatic amines is 1. The Morgan fingerprint density at radius 3 is 2.22 bits per heavy atom. The molecule has 1 saturated heterocycles. The van der Waals surface area contributed by atoms with E-state index in [-0.39, 0.29) is 22.8 Å². The van der Waals surface area contributed by atoms with Gasteiger partial charge in [-0.05, 0) is 48.1 Å². The van der Waals surface area contributed by atoms with Crippen molar-refractivity contribution in [3.05, 3.63) is 70.5 Å². The second kappa shape index (κ2) is 7.93. The first-order chi connectivity index (χ1) is 15.4. The molecule has 6 heteroatoms. The Morgan fingerprint density at radius 1 is 0.906 bits per heavy atom. The second-order valence-electron chi connectivity index (χ2n) is 9.18. The molecule has 2 amide bonds. The van der Waals surface area contributed by atoms with E-state index in [1.54, 1.807) is 12.1 Å². The number of nitrogens with one attached hydrogen (secondary N) is 1. The van der Waals surface area contributed by atoms with Gasteiger partial charge in [-0.3, -0.25) is 14.4 Å². The Hall–Kier alpha value is -3.41. The lowest BCUT2D eigenvalue weighted by atomic mass is 9.69. The molecular formula is C26H27N3O3. The first-order valence-electron chi connectivity index (χ1n) is 11.3. The van der Waals surface area contributed by atoms with Crippen molar-refractivity contribution in [2.45, 2.75) is 26.2 Å². The van der Waals surface area contributed by atoms with Gasteiger partial charge < -0.3 is 14.8 Å². The molecule has 2 heterocycles. The second-order valence-corrected chi connectivity index (χ2v) is 9.18. The summed E-state index contributed by atoms with van der Waals surface area (Å²) in [4.78, 5) is 44.9. The third-order valence-electron chi connectivity index (χ3n) is 7.02. The van der Waals surface area contributed by atoms with Crippen molar-refractivity contribution >= 4 is 22.7 Å². The molecule has 164 valence electrons. The lowest BCUT2D eigenvalue weighted by Crippen LogP contribution is -2.55. The SMILES string of the molecule is CC1(C(=O)N2CCN(C(=O)c3ccc(-c4cc5ccccc5[nH]c4=O)cc3)CC2)CCC1. The minimum absolute atomic E-state index is 0.0362. The van der Waals surface area contributed by atoms with Crippen molar-refractivity contribution < 1.29 is 9.59 Å². The summed E-state index contributed by atoms with van der Waals surface area (Å²) >= 11 is 0. The van der Waals surface area contributed by atoms with Gasteiger partial charge in [0.05, 0.1) is 0 Å². The molecule has 2 aromatic carbocycles. The molecular weight excluding hydrogens is 402 g/mol. The minimum Gasteiger partial charge on any atom is -0.339 e. The van der Waals surface area contributed by atoms with Crippen LogP contribution >= 0.6 is 0 Å². The number of hydrogen-bond donors (Lipinski definition) is 1. The summed E-state index contributed by atoms with van der Waals surface area (Å²) in [6.07, 6.45) is 3.07. The smallest absolute Gasteiger partial charge is 0.256 e. The fourth-order valence-electron chi connectivity index (χ4n) is 4.75. The Bertz CT molecular complexity index is 1230. The molecule has 1 N–H and O–H groups in total. The standard InChI is InChI=1S/C26H27N3O3/c1-26(11-4-12-26)25(32)29-15-13-28(14-16-29)24(31)19-9-7-18(8-10-19)21-17-20-5-2-3-6-22(20)27-23(21)30/h2-3,5-10,17H,4,11-16H2,1H3,(H,27,30). The lowest BCUT2D eigenvalue weighted by molar-refractivity contribution is -0.147. The number of rotatable bonds is 3. The fraction of sp³-hybridized carbons (Fsp3) is 0.346. The van der Waals surface area contributed by atoms with E-state index in [1.807, 2.05) is 52.3 Å². The van der Waals surface area contributed by atoms with Crippen molar-refractivity contribution in [2.24, 2.45) is 5.41 Å². The summed E-state index contributed by atoms with van der Waals surface area (Å²) in [7, 11) is 0. The van der Waals surface area contributed by atoms with Crippen LogP contribution < -0.4 is 5.56 Å². The predicted molar refractivity (Wildman–Crippen MR) is 124 cm³/mol. The van der Waals surface area contributed by atoms with E-state index in [0.29, 0.717) is 37.3 Å². The Balaban J connectivity index is 1.28. The molecule has 1 aromatic heterocycles. The van der Waals surface area contributed by atoms with E-state index < -0.39 is 0 Å². The van der Waals surface area contributed by atoms with E-state index in [4.69, 9.17) is 0 Å². The number of fused-ring (bicyclic) bond motifs is 1. The number of H-pyrrole nitrogens is 1. The van der Waals surface area contributed by atoms with Crippen LogP contribution in [0.15, 0.2) is 59.4 Å². The number of pyridine rings is 1. The molecule has 5 rings (SSSR count). The molecule has 0 unspecified atom stereocenters. The van der Waals surface area contributed by atoms with Crippen molar-refractivity contribution in [3.8, 4) is 11.1 Å². The van der Waals surface area contributed by atoms with Crippen LogP contribution in [0, 0.1) is 5.41 Å². The van der Waals surface area contributed by atoms with Gasteiger partial charge in [0.1, 0.15) is 0 Å². The Labute approximate surface area is 186 Å². The number of carbonyl (C=O) groups excluding carboxylic acids is 2. The number of piperazine rings is 1. The number of carbonyl (C=O) groups is 2. The third kappa shape index (κ3) is 3.60. The van der Waals surface area contributed by atoms with Crippen LogP contribution in [0.2, 0.25) is 0 Å². The monoisotopic (exact) mass is 429 g/mol. The first kappa shape index (κ1) is 20.5. The minimum atomic E-state index is -0.192. The molecule has 1 aliphatic heterocycles. The predicted octanol–water partition coefficient (Wildman–Crippen LogP) is 3.67. The van der Waals surface area contributed by atoms with Crippen LogP contribution in [0.5, 0.6) is 0 Å². The molecule has 0 spiro atoms. The highest BCUT2D eigenvalue weighted by Gasteiger charge is 2.42. The summed E-state index contributed by atoms with van der Waals surface area (Å²) in [5.41, 5.74) is 2.41. The van der Waals surface area contributed by atoms with E-state index in [1.165, 1.54) is 0 Å². The number of benzene rings is 2. The number of nitrogens with zero attached hydrogens (tertiary/aromatic N) is 2. The van der Waals surface area contributed by atoms with Gasteiger partial charge in [0.25, 0.3) is 11.5 Å². The number of hydrogen-bond acceptors (Lipinski definition) is 3. The van der Waals surface area contributed by atoms with Gasteiger partial charge in [0.15, 0.2) is 0 Å². The molecule has 1 saturated carbocycles. The zero-order chi connectivity index (χ0) is 22.3. The van der Waals surface area contributed by atoms with E-state index >= 15 is 0 Å². The molecule has 3 aromatic rings. The van der Waals surface area contributed by atoms with Crippen LogP contribution in [0.1, 0.15) is 36.5 Å². The molecule has 0 atom stereocenters. The maximum Gasteiger partial charge on any atom is 0.256 e. The summed E-state index contributed by atoms with van der Waals surface area (Å²) in [5.74, 6) is 0.201. The maximum atomic E-state index is 13.0. The first-order valence-corrected chi connectivity index (χ1v) is 11.3. The topological polar surface area (TPSA) is 73.5 Å². The molecule has 6 nitrogen and oxygen atoms in total. The van der Waals surface area contributed by atoms with E-state index in [9.17, 15) is 14.4 Å². The molecule has 2 aliphatic rings. The number of amides is 2. The third-order valence-corrected chi connectivity index (χ3v) is 7.02. The van der Waals surface area contributed by atoms with Crippen LogP contribution in [-0.2, 0) is 4.79 Å². The van der Waals surface area contributed by atoms with Gasteiger partial charge in [-0.25, -0.2) is 0 Å². The van der Waals surface area contributed by atoms with Crippen LogP contribution in [0.4, 0.5) is 0 Å². The quantitative estimate of drug-likeness (QED) is 0.690. The fourth-order valence-corrected chi connectivity index (χ4v) is 4.75. The van der Waals surface area contributed by atoms with Crippen molar-refractivity contribution in [3.63, 3.8) is 0 Å². The van der Waals surface area contributed by atoms with Crippen LogP contribution in [0.3, 0.4) is 0 Å². The van der Waals surface area contributed by atoms with Crippen molar-refractivity contribution in [2.75, 3.05) is 26.2 Å². The Morgan fingerprint density at radius 2 is 1.56 bits per heavy atom. The van der Waals surface area contributed by atoms with E-state index in [2.05, 4.69) is 11.9 Å². The van der Waals surface area contributed by atoms with Gasteiger partial charge >= 0.3 is 0 Å². The van der Waals surface area contributed by atoms with Gasteiger partial charge in [0.2, 0.25) is 5.91 Å². The van der Waals surface area contributed by atoms with Crippen molar-refractivity contribution in [1.82, 2.24) is 14.8 Å². The normalized spacial score (nSPS) is 17.8. The van der Waals surface area contributed by atoms with Gasteiger partial charge in [-0.15, -0.1) is 0 Å². The molecule has 32 heavy (non-hydrogen) atoms. The summed E-state index contributed by atoms with van der Waals surface area (Å²) in [6, 6.07) is 16.7. The largest absolute Gasteiger partial charge is 0.339 e. The lowest BCUT2D eigenvalue weighted by Gasteiger charge is -2.43. The Kier molecular flexibility index (Phi) is 5.08. The van der Waals surface area contributed by atoms with Crippen LogP contribution in [0.25, 0.3) is 22.0 Å². The molecule has 0 radical (unpaired) electrons. The molecule has 0 bridgehead atoms. The van der Waals surface area contributed by atoms with Crippen molar-refractivity contribution in [1.29, 1.82) is 0 Å². The van der Waals surface area contributed by atoms with Gasteiger partial charge in [-0.2, -0.15) is 0 Å². The zero-order valence-corrected chi connectivity index (χ0v) is 18.3. The average Bonchev–Trinajstić information content (AvgIpc) is 2.81. The molecule has 1 aliphatic carbocycles. The molecule has 2 fully saturated rings. The summed E-state index contributed by atoms with van der Waals surface area (Å²) < 4.78 is 0. The highest BCUT2D eigenvalue weighted by Crippen LogP contribution is 2.42. The summed E-state index contributed by atoms with van der Waals surface area (Å²) in [6.45, 7) is 4.33. The van der Waals surface area contributed by atoms with Crippen LogP contribution in [-0.4, -0.2) is 52.8 Å². The number of aromatic nitrogens is 1. The maximum absolute atomic E-state index is 13.0. The highest BCUT2D eigenvalue weighted by atomic mass is 16.2.